The zero-order valence-corrected chi connectivity index (χ0v) is 10.7. The first-order valence-electron chi connectivity index (χ1n) is 6.09. The highest BCUT2D eigenvalue weighted by molar-refractivity contribution is 7.04. The molecule has 5 heteroatoms. The van der Waals surface area contributed by atoms with Crippen molar-refractivity contribution < 1.29 is 9.53 Å². The Bertz CT molecular complexity index is 561. The number of benzene rings is 1. The first-order valence-corrected chi connectivity index (χ1v) is 6.93. The van der Waals surface area contributed by atoms with Gasteiger partial charge in [-0.1, -0.05) is 0 Å². The Morgan fingerprint density at radius 2 is 2.39 bits per heavy atom. The molecule has 1 aromatic carbocycles. The molecular formula is C13H14N2O2S. The Morgan fingerprint density at radius 1 is 1.44 bits per heavy atom. The SMILES string of the molecule is O=C(Nc1ccc2nscc2c1)C1CCCCO1. The van der Waals surface area contributed by atoms with E-state index in [0.29, 0.717) is 6.61 Å². The predicted molar refractivity (Wildman–Crippen MR) is 71.8 cm³/mol. The summed E-state index contributed by atoms with van der Waals surface area (Å²) in [4.78, 5) is 12.0. The molecule has 0 aliphatic carbocycles. The van der Waals surface area contributed by atoms with Crippen molar-refractivity contribution in [3.05, 3.63) is 23.6 Å². The second kappa shape index (κ2) is 5.04. The molecule has 0 spiro atoms. The van der Waals surface area contributed by atoms with Gasteiger partial charge in [0.05, 0.1) is 5.52 Å². The lowest BCUT2D eigenvalue weighted by molar-refractivity contribution is -0.129. The molecule has 1 saturated heterocycles. The first kappa shape index (κ1) is 11.6. The molecule has 1 unspecified atom stereocenters. The van der Waals surface area contributed by atoms with Gasteiger partial charge in [-0.3, -0.25) is 4.79 Å². The minimum Gasteiger partial charge on any atom is -0.368 e. The monoisotopic (exact) mass is 262 g/mol. The maximum Gasteiger partial charge on any atom is 0.253 e. The fraction of sp³-hybridized carbons (Fsp3) is 0.385. The predicted octanol–water partition coefficient (Wildman–Crippen LogP) is 2.80. The van der Waals surface area contributed by atoms with Gasteiger partial charge in [-0.15, -0.1) is 0 Å². The molecule has 3 rings (SSSR count). The summed E-state index contributed by atoms with van der Waals surface area (Å²) in [5.74, 6) is -0.0442. The molecule has 0 radical (unpaired) electrons. The van der Waals surface area contributed by atoms with Crippen molar-refractivity contribution in [2.45, 2.75) is 25.4 Å². The van der Waals surface area contributed by atoms with E-state index in [2.05, 4.69) is 9.69 Å². The number of carbonyl (C=O) groups is 1. The van der Waals surface area contributed by atoms with E-state index in [1.165, 1.54) is 11.5 Å². The summed E-state index contributed by atoms with van der Waals surface area (Å²) in [6, 6.07) is 5.74. The topological polar surface area (TPSA) is 51.2 Å². The molecule has 1 aliphatic heterocycles. The van der Waals surface area contributed by atoms with E-state index in [-0.39, 0.29) is 12.0 Å². The van der Waals surface area contributed by atoms with Gasteiger partial charge in [0.25, 0.3) is 5.91 Å². The molecule has 1 aliphatic rings. The zero-order chi connectivity index (χ0) is 12.4. The van der Waals surface area contributed by atoms with E-state index >= 15 is 0 Å². The van der Waals surface area contributed by atoms with Gasteiger partial charge >= 0.3 is 0 Å². The van der Waals surface area contributed by atoms with Gasteiger partial charge in [0, 0.05) is 23.1 Å². The van der Waals surface area contributed by atoms with Crippen molar-refractivity contribution >= 4 is 34.0 Å². The van der Waals surface area contributed by atoms with Gasteiger partial charge in [-0.05, 0) is 49.0 Å². The number of hydrogen-bond donors (Lipinski definition) is 1. The lowest BCUT2D eigenvalue weighted by atomic mass is 10.1. The van der Waals surface area contributed by atoms with Gasteiger partial charge in [-0.25, -0.2) is 0 Å². The van der Waals surface area contributed by atoms with Crippen LogP contribution in [0.4, 0.5) is 5.69 Å². The minimum absolute atomic E-state index is 0.0442. The third-order valence-corrected chi connectivity index (χ3v) is 3.76. The van der Waals surface area contributed by atoms with E-state index in [0.717, 1.165) is 35.9 Å². The number of nitrogens with zero attached hydrogens (tertiary/aromatic N) is 1. The first-order chi connectivity index (χ1) is 8.83. The molecule has 0 saturated carbocycles. The molecule has 0 bridgehead atoms. The van der Waals surface area contributed by atoms with Crippen LogP contribution in [-0.2, 0) is 9.53 Å². The number of hydrogen-bond acceptors (Lipinski definition) is 4. The Balaban J connectivity index is 1.72. The Morgan fingerprint density at radius 3 is 3.22 bits per heavy atom. The van der Waals surface area contributed by atoms with E-state index in [1.54, 1.807) is 0 Å². The van der Waals surface area contributed by atoms with Gasteiger partial charge in [0.15, 0.2) is 0 Å². The highest BCUT2D eigenvalue weighted by atomic mass is 32.1. The number of fused-ring (bicyclic) bond motifs is 1. The van der Waals surface area contributed by atoms with E-state index in [1.807, 2.05) is 23.6 Å². The maximum absolute atomic E-state index is 12.0. The zero-order valence-electron chi connectivity index (χ0n) is 9.89. The fourth-order valence-corrected chi connectivity index (χ4v) is 2.75. The van der Waals surface area contributed by atoms with Gasteiger partial charge in [-0.2, -0.15) is 4.37 Å². The van der Waals surface area contributed by atoms with Crippen molar-refractivity contribution in [3.8, 4) is 0 Å². The van der Waals surface area contributed by atoms with Crippen LogP contribution in [0.15, 0.2) is 23.6 Å². The average molecular weight is 262 g/mol. The van der Waals surface area contributed by atoms with Crippen LogP contribution < -0.4 is 5.32 Å². The maximum atomic E-state index is 12.0. The smallest absolute Gasteiger partial charge is 0.253 e. The van der Waals surface area contributed by atoms with Crippen molar-refractivity contribution in [1.29, 1.82) is 0 Å². The molecule has 2 heterocycles. The second-order valence-electron chi connectivity index (χ2n) is 4.43. The van der Waals surface area contributed by atoms with Crippen LogP contribution in [-0.4, -0.2) is 23.0 Å². The lowest BCUT2D eigenvalue weighted by Gasteiger charge is -2.21. The van der Waals surface area contributed by atoms with E-state index < -0.39 is 0 Å². The lowest BCUT2D eigenvalue weighted by Crippen LogP contribution is -2.33. The third-order valence-electron chi connectivity index (χ3n) is 3.10. The van der Waals surface area contributed by atoms with Crippen LogP contribution in [0.5, 0.6) is 0 Å². The van der Waals surface area contributed by atoms with Gasteiger partial charge in [0.1, 0.15) is 6.10 Å². The number of ether oxygens (including phenoxy) is 1. The number of aromatic nitrogens is 1. The average Bonchev–Trinajstić information content (AvgIpc) is 2.87. The molecule has 1 amide bonds. The number of amides is 1. The quantitative estimate of drug-likeness (QED) is 0.905. The highest BCUT2D eigenvalue weighted by Gasteiger charge is 2.21. The number of anilines is 1. The number of rotatable bonds is 2. The van der Waals surface area contributed by atoms with Crippen molar-refractivity contribution in [2.24, 2.45) is 0 Å². The standard InChI is InChI=1S/C13H14N2O2S/c16-13(12-3-1-2-6-17-12)14-10-4-5-11-9(7-10)8-18-15-11/h4-5,7-8,12H,1-3,6H2,(H,14,16). The Labute approximate surface area is 109 Å². The van der Waals surface area contributed by atoms with E-state index in [9.17, 15) is 4.79 Å². The summed E-state index contributed by atoms with van der Waals surface area (Å²) in [5, 5.41) is 5.94. The summed E-state index contributed by atoms with van der Waals surface area (Å²) in [6.07, 6.45) is 2.63. The normalized spacial score (nSPS) is 19.9. The summed E-state index contributed by atoms with van der Waals surface area (Å²) < 4.78 is 9.70. The number of nitrogens with one attached hydrogen (secondary N) is 1. The highest BCUT2D eigenvalue weighted by Crippen LogP contribution is 2.21. The summed E-state index contributed by atoms with van der Waals surface area (Å²) in [5.41, 5.74) is 1.77. The Kier molecular flexibility index (Phi) is 3.25. The van der Waals surface area contributed by atoms with Gasteiger partial charge < -0.3 is 10.1 Å². The molecule has 1 atom stereocenters. The van der Waals surface area contributed by atoms with Crippen LogP contribution in [0.25, 0.3) is 10.9 Å². The number of carbonyl (C=O) groups excluding carboxylic acids is 1. The third kappa shape index (κ3) is 2.37. The van der Waals surface area contributed by atoms with Crippen molar-refractivity contribution in [1.82, 2.24) is 4.37 Å². The molecular weight excluding hydrogens is 248 g/mol. The molecule has 1 aromatic heterocycles. The van der Waals surface area contributed by atoms with Crippen molar-refractivity contribution in [2.75, 3.05) is 11.9 Å². The van der Waals surface area contributed by atoms with Crippen LogP contribution in [0, 0.1) is 0 Å². The molecule has 18 heavy (non-hydrogen) atoms. The largest absolute Gasteiger partial charge is 0.368 e. The van der Waals surface area contributed by atoms with Gasteiger partial charge in [0.2, 0.25) is 0 Å². The second-order valence-corrected chi connectivity index (χ2v) is 5.06. The molecule has 2 aromatic rings. The molecule has 94 valence electrons. The molecule has 1 fully saturated rings. The summed E-state index contributed by atoms with van der Waals surface area (Å²) in [7, 11) is 0. The van der Waals surface area contributed by atoms with Crippen LogP contribution in [0.1, 0.15) is 19.3 Å². The summed E-state index contributed by atoms with van der Waals surface area (Å²) in [6.45, 7) is 0.686. The van der Waals surface area contributed by atoms with E-state index in [4.69, 9.17) is 4.74 Å². The summed E-state index contributed by atoms with van der Waals surface area (Å²) >= 11 is 1.42. The fourth-order valence-electron chi connectivity index (χ4n) is 2.12. The minimum atomic E-state index is -0.296. The van der Waals surface area contributed by atoms with Crippen molar-refractivity contribution in [3.63, 3.8) is 0 Å². The van der Waals surface area contributed by atoms with Crippen LogP contribution >= 0.6 is 11.5 Å². The Hall–Kier alpha value is -1.46. The van der Waals surface area contributed by atoms with Crippen LogP contribution in [0.2, 0.25) is 0 Å². The molecule has 4 nitrogen and oxygen atoms in total. The van der Waals surface area contributed by atoms with Crippen LogP contribution in [0.3, 0.4) is 0 Å². The molecule has 1 N–H and O–H groups in total.